The van der Waals surface area contributed by atoms with Crippen LogP contribution in [0.5, 0.6) is 0 Å². The van der Waals surface area contributed by atoms with Crippen LogP contribution in [-0.4, -0.2) is 30.1 Å². The van der Waals surface area contributed by atoms with Crippen molar-refractivity contribution < 1.29 is 0 Å². The van der Waals surface area contributed by atoms with Crippen LogP contribution in [0.15, 0.2) is 0 Å². The van der Waals surface area contributed by atoms with E-state index in [1.54, 1.807) is 11.3 Å². The van der Waals surface area contributed by atoms with Crippen molar-refractivity contribution in [1.29, 1.82) is 0 Å². The molecule has 2 N–H and O–H groups in total. The summed E-state index contributed by atoms with van der Waals surface area (Å²) >= 11 is 3.70. The summed E-state index contributed by atoms with van der Waals surface area (Å²) in [6.07, 6.45) is 6.76. The van der Waals surface area contributed by atoms with E-state index in [2.05, 4.69) is 25.1 Å². The van der Waals surface area contributed by atoms with Crippen LogP contribution in [0, 0.1) is 0 Å². The molecule has 0 aliphatic heterocycles. The molecule has 3 nitrogen and oxygen atoms in total. The van der Waals surface area contributed by atoms with Gasteiger partial charge in [-0.1, -0.05) is 11.3 Å². The molecule has 0 spiro atoms. The van der Waals surface area contributed by atoms with Gasteiger partial charge < -0.3 is 10.6 Å². The molecule has 5 heteroatoms. The Bertz CT molecular complexity index is 392. The normalized spacial score (nSPS) is 20.6. The molecule has 1 aromatic heterocycles. The van der Waals surface area contributed by atoms with Gasteiger partial charge in [0.25, 0.3) is 0 Å². The van der Waals surface area contributed by atoms with E-state index in [1.807, 2.05) is 11.8 Å². The first kappa shape index (κ1) is 14.2. The van der Waals surface area contributed by atoms with Gasteiger partial charge >= 0.3 is 0 Å². The standard InChI is InChI=1S/C13H23N3S2/c1-9(7-8-17-3)16(2)13-15-11-6-4-5-10(14)12(11)18-13/h9-10H,4-8,14H2,1-3H3. The molecule has 1 aliphatic carbocycles. The van der Waals surface area contributed by atoms with Crippen LogP contribution < -0.4 is 10.6 Å². The molecule has 0 radical (unpaired) electrons. The molecule has 2 rings (SSSR count). The SMILES string of the molecule is CSCCC(C)N(C)c1nc2c(s1)C(N)CCC2. The van der Waals surface area contributed by atoms with Crippen LogP contribution in [0.1, 0.15) is 42.8 Å². The molecule has 0 bridgehead atoms. The molecular formula is C13H23N3S2. The van der Waals surface area contributed by atoms with E-state index in [-0.39, 0.29) is 6.04 Å². The minimum absolute atomic E-state index is 0.218. The van der Waals surface area contributed by atoms with Crippen LogP contribution in [0.4, 0.5) is 5.13 Å². The second kappa shape index (κ2) is 6.26. The van der Waals surface area contributed by atoms with Gasteiger partial charge in [-0.25, -0.2) is 4.98 Å². The van der Waals surface area contributed by atoms with E-state index < -0.39 is 0 Å². The Morgan fingerprint density at radius 1 is 1.61 bits per heavy atom. The van der Waals surface area contributed by atoms with Gasteiger partial charge in [0.05, 0.1) is 5.69 Å². The molecule has 1 aliphatic rings. The van der Waals surface area contributed by atoms with Gasteiger partial charge in [-0.15, -0.1) is 0 Å². The van der Waals surface area contributed by atoms with Crippen LogP contribution in [0.3, 0.4) is 0 Å². The van der Waals surface area contributed by atoms with Crippen molar-refractivity contribution in [3.05, 3.63) is 10.6 Å². The van der Waals surface area contributed by atoms with E-state index in [1.165, 1.54) is 29.2 Å². The van der Waals surface area contributed by atoms with E-state index in [0.717, 1.165) is 18.0 Å². The van der Waals surface area contributed by atoms with Crippen LogP contribution in [0.25, 0.3) is 0 Å². The van der Waals surface area contributed by atoms with Gasteiger partial charge in [0.15, 0.2) is 5.13 Å². The van der Waals surface area contributed by atoms with E-state index in [0.29, 0.717) is 6.04 Å². The predicted molar refractivity (Wildman–Crippen MR) is 82.8 cm³/mol. The molecule has 0 saturated carbocycles. The summed E-state index contributed by atoms with van der Waals surface area (Å²) in [4.78, 5) is 8.42. The second-order valence-electron chi connectivity index (χ2n) is 5.05. The predicted octanol–water partition coefficient (Wildman–Crippen LogP) is 3.06. The highest BCUT2D eigenvalue weighted by atomic mass is 32.2. The number of anilines is 1. The van der Waals surface area contributed by atoms with Crippen molar-refractivity contribution in [3.8, 4) is 0 Å². The molecule has 18 heavy (non-hydrogen) atoms. The number of rotatable bonds is 5. The van der Waals surface area contributed by atoms with E-state index in [4.69, 9.17) is 10.7 Å². The number of hydrogen-bond acceptors (Lipinski definition) is 5. The largest absolute Gasteiger partial charge is 0.348 e. The van der Waals surface area contributed by atoms with Crippen molar-refractivity contribution in [2.75, 3.05) is 24.0 Å². The first-order valence-corrected chi connectivity index (χ1v) is 8.81. The zero-order chi connectivity index (χ0) is 13.1. The summed E-state index contributed by atoms with van der Waals surface area (Å²) in [7, 11) is 2.15. The average molecular weight is 285 g/mol. The summed E-state index contributed by atoms with van der Waals surface area (Å²) in [6, 6.07) is 0.760. The van der Waals surface area contributed by atoms with Crippen LogP contribution in [0.2, 0.25) is 0 Å². The molecule has 0 saturated heterocycles. The number of thioether (sulfide) groups is 1. The second-order valence-corrected chi connectivity index (χ2v) is 7.04. The van der Waals surface area contributed by atoms with Crippen molar-refractivity contribution in [3.63, 3.8) is 0 Å². The maximum Gasteiger partial charge on any atom is 0.185 e. The van der Waals surface area contributed by atoms with Gasteiger partial charge in [0, 0.05) is 24.0 Å². The quantitative estimate of drug-likeness (QED) is 0.903. The molecule has 2 unspecified atom stereocenters. The molecule has 1 heterocycles. The number of hydrogen-bond donors (Lipinski definition) is 1. The van der Waals surface area contributed by atoms with Crippen molar-refractivity contribution in [2.45, 2.75) is 44.7 Å². The molecule has 1 aromatic rings. The summed E-state index contributed by atoms with van der Waals surface area (Å²) < 4.78 is 0. The molecule has 0 aromatic carbocycles. The first-order chi connectivity index (χ1) is 8.63. The Kier molecular flexibility index (Phi) is 4.92. The summed E-state index contributed by atoms with van der Waals surface area (Å²) in [6.45, 7) is 2.27. The fourth-order valence-electron chi connectivity index (χ4n) is 2.26. The van der Waals surface area contributed by atoms with E-state index in [9.17, 15) is 0 Å². The Balaban J connectivity index is 2.09. The summed E-state index contributed by atoms with van der Waals surface area (Å²) in [5.41, 5.74) is 7.41. The lowest BCUT2D eigenvalue weighted by Crippen LogP contribution is -2.29. The maximum atomic E-state index is 6.16. The molecule has 102 valence electrons. The van der Waals surface area contributed by atoms with Gasteiger partial charge in [0.1, 0.15) is 0 Å². The van der Waals surface area contributed by atoms with Crippen molar-refractivity contribution >= 4 is 28.2 Å². The van der Waals surface area contributed by atoms with Gasteiger partial charge in [-0.2, -0.15) is 11.8 Å². The Hall–Kier alpha value is -0.260. The number of nitrogens with zero attached hydrogens (tertiary/aromatic N) is 2. The van der Waals surface area contributed by atoms with Crippen LogP contribution >= 0.6 is 23.1 Å². The highest BCUT2D eigenvalue weighted by Crippen LogP contribution is 2.36. The third kappa shape index (κ3) is 3.00. The number of aryl methyl sites for hydroxylation is 1. The Labute approximate surface area is 118 Å². The van der Waals surface area contributed by atoms with Gasteiger partial charge in [-0.3, -0.25) is 0 Å². The van der Waals surface area contributed by atoms with Gasteiger partial charge in [-0.05, 0) is 44.6 Å². The molecule has 2 atom stereocenters. The molecular weight excluding hydrogens is 262 g/mol. The summed E-state index contributed by atoms with van der Waals surface area (Å²) in [5, 5.41) is 1.14. The topological polar surface area (TPSA) is 42.2 Å². The highest BCUT2D eigenvalue weighted by Gasteiger charge is 2.23. The summed E-state index contributed by atoms with van der Waals surface area (Å²) in [5.74, 6) is 1.20. The smallest absolute Gasteiger partial charge is 0.185 e. The zero-order valence-electron chi connectivity index (χ0n) is 11.5. The third-order valence-corrected chi connectivity index (χ3v) is 5.65. The Morgan fingerprint density at radius 3 is 3.06 bits per heavy atom. The lowest BCUT2D eigenvalue weighted by molar-refractivity contribution is 0.573. The third-order valence-electron chi connectivity index (χ3n) is 3.68. The Morgan fingerprint density at radius 2 is 2.39 bits per heavy atom. The highest BCUT2D eigenvalue weighted by molar-refractivity contribution is 7.98. The van der Waals surface area contributed by atoms with E-state index >= 15 is 0 Å². The monoisotopic (exact) mass is 285 g/mol. The lowest BCUT2D eigenvalue weighted by atomic mass is 9.99. The van der Waals surface area contributed by atoms with Crippen LogP contribution in [-0.2, 0) is 6.42 Å². The van der Waals surface area contributed by atoms with Crippen molar-refractivity contribution in [1.82, 2.24) is 4.98 Å². The number of thiazole rings is 1. The maximum absolute atomic E-state index is 6.16. The number of fused-ring (bicyclic) bond motifs is 1. The zero-order valence-corrected chi connectivity index (χ0v) is 13.1. The average Bonchev–Trinajstić information content (AvgIpc) is 2.80. The minimum Gasteiger partial charge on any atom is -0.348 e. The fraction of sp³-hybridized carbons (Fsp3) is 0.769. The minimum atomic E-state index is 0.218. The lowest BCUT2D eigenvalue weighted by Gasteiger charge is -2.23. The molecule has 0 amide bonds. The molecule has 0 fully saturated rings. The van der Waals surface area contributed by atoms with Gasteiger partial charge in [0.2, 0.25) is 0 Å². The fourth-order valence-corrected chi connectivity index (χ4v) is 4.05. The first-order valence-electron chi connectivity index (χ1n) is 6.60. The number of aromatic nitrogens is 1. The van der Waals surface area contributed by atoms with Crippen molar-refractivity contribution in [2.24, 2.45) is 5.73 Å². The number of nitrogens with two attached hydrogens (primary N) is 1.